The van der Waals surface area contributed by atoms with Gasteiger partial charge in [0.1, 0.15) is 24.3 Å². The highest BCUT2D eigenvalue weighted by Crippen LogP contribution is 2.33. The van der Waals surface area contributed by atoms with Gasteiger partial charge in [-0.1, -0.05) is 0 Å². The van der Waals surface area contributed by atoms with Crippen molar-refractivity contribution in [3.8, 4) is 5.88 Å². The number of fused-ring (bicyclic) bond motifs is 2. The number of anilines is 3. The molecule has 0 fully saturated rings. The molecule has 1 aromatic carbocycles. The van der Waals surface area contributed by atoms with Crippen molar-refractivity contribution in [2.45, 2.75) is 19.8 Å². The van der Waals surface area contributed by atoms with Crippen LogP contribution in [-0.4, -0.2) is 41.5 Å². The zero-order valence-electron chi connectivity index (χ0n) is 14.4. The van der Waals surface area contributed by atoms with E-state index in [9.17, 15) is 9.59 Å². The molecular formula is C18H19N5O3. The van der Waals surface area contributed by atoms with Crippen molar-refractivity contribution in [3.05, 3.63) is 35.7 Å². The third kappa shape index (κ3) is 2.54. The van der Waals surface area contributed by atoms with E-state index < -0.39 is 0 Å². The molecule has 0 saturated carbocycles. The predicted octanol–water partition coefficient (Wildman–Crippen LogP) is 1.40. The summed E-state index contributed by atoms with van der Waals surface area (Å²) in [5.74, 6) is 0.166. The first-order valence-corrected chi connectivity index (χ1v) is 8.58. The minimum Gasteiger partial charge on any atom is -0.475 e. The van der Waals surface area contributed by atoms with Crippen molar-refractivity contribution in [2.75, 3.05) is 35.2 Å². The Morgan fingerprint density at radius 1 is 1.23 bits per heavy atom. The van der Waals surface area contributed by atoms with Gasteiger partial charge < -0.3 is 20.3 Å². The summed E-state index contributed by atoms with van der Waals surface area (Å²) >= 11 is 0. The molecule has 2 aromatic rings. The van der Waals surface area contributed by atoms with Crippen LogP contribution in [0.4, 0.5) is 17.2 Å². The van der Waals surface area contributed by atoms with Gasteiger partial charge in [-0.25, -0.2) is 9.97 Å². The summed E-state index contributed by atoms with van der Waals surface area (Å²) in [6.07, 6.45) is 2.43. The fourth-order valence-electron chi connectivity index (χ4n) is 3.47. The number of amides is 2. The average Bonchev–Trinajstić information content (AvgIpc) is 2.81. The van der Waals surface area contributed by atoms with Gasteiger partial charge in [0, 0.05) is 24.3 Å². The van der Waals surface area contributed by atoms with Crippen molar-refractivity contribution < 1.29 is 14.3 Å². The Bertz CT molecular complexity index is 898. The van der Waals surface area contributed by atoms with Gasteiger partial charge in [-0.3, -0.25) is 9.59 Å². The lowest BCUT2D eigenvalue weighted by Gasteiger charge is -2.30. The number of ether oxygens (including phenoxy) is 1. The molecule has 0 saturated heterocycles. The summed E-state index contributed by atoms with van der Waals surface area (Å²) < 4.78 is 5.57. The zero-order valence-corrected chi connectivity index (χ0v) is 14.4. The largest absolute Gasteiger partial charge is 0.475 e. The van der Waals surface area contributed by atoms with E-state index in [4.69, 9.17) is 10.5 Å². The number of hydrogen-bond acceptors (Lipinski definition) is 6. The Hall–Kier alpha value is -3.16. The molecule has 0 spiro atoms. The quantitative estimate of drug-likeness (QED) is 0.875. The molecule has 0 atom stereocenters. The Morgan fingerprint density at radius 3 is 2.88 bits per heavy atom. The third-order valence-corrected chi connectivity index (χ3v) is 4.75. The van der Waals surface area contributed by atoms with Gasteiger partial charge in [0.25, 0.3) is 5.91 Å². The topological polar surface area (TPSA) is 102 Å². The molecule has 8 nitrogen and oxygen atoms in total. The number of carbonyl (C=O) groups is 2. The van der Waals surface area contributed by atoms with Gasteiger partial charge >= 0.3 is 0 Å². The van der Waals surface area contributed by atoms with E-state index in [-0.39, 0.29) is 29.1 Å². The Labute approximate surface area is 150 Å². The van der Waals surface area contributed by atoms with Crippen LogP contribution in [0.5, 0.6) is 5.88 Å². The Kier molecular flexibility index (Phi) is 3.95. The summed E-state index contributed by atoms with van der Waals surface area (Å²) in [7, 11) is 0. The monoisotopic (exact) mass is 353 g/mol. The first-order chi connectivity index (χ1) is 12.6. The van der Waals surface area contributed by atoms with E-state index in [2.05, 4.69) is 9.97 Å². The number of hydrogen-bond donors (Lipinski definition) is 1. The highest BCUT2D eigenvalue weighted by Gasteiger charge is 2.30. The van der Waals surface area contributed by atoms with Crippen LogP contribution in [0.25, 0.3) is 0 Å². The Morgan fingerprint density at radius 2 is 2.08 bits per heavy atom. The minimum atomic E-state index is -0.283. The summed E-state index contributed by atoms with van der Waals surface area (Å²) in [4.78, 5) is 36.4. The van der Waals surface area contributed by atoms with Crippen LogP contribution < -0.4 is 20.3 Å². The fourth-order valence-corrected chi connectivity index (χ4v) is 3.47. The molecule has 2 amide bonds. The van der Waals surface area contributed by atoms with E-state index in [1.54, 1.807) is 9.80 Å². The van der Waals surface area contributed by atoms with Crippen molar-refractivity contribution >= 4 is 29.0 Å². The summed E-state index contributed by atoms with van der Waals surface area (Å²) in [6.45, 7) is 3.27. The molecule has 2 aliphatic heterocycles. The van der Waals surface area contributed by atoms with Crippen molar-refractivity contribution in [1.82, 2.24) is 9.97 Å². The van der Waals surface area contributed by atoms with E-state index in [0.29, 0.717) is 32.5 Å². The first kappa shape index (κ1) is 16.3. The van der Waals surface area contributed by atoms with E-state index in [1.165, 1.54) is 6.33 Å². The number of carbonyl (C=O) groups excluding carboxylic acids is 2. The average molecular weight is 353 g/mol. The number of rotatable bonds is 2. The van der Waals surface area contributed by atoms with Crippen LogP contribution in [-0.2, 0) is 11.2 Å². The summed E-state index contributed by atoms with van der Waals surface area (Å²) in [5.41, 5.74) is 8.78. The molecule has 0 bridgehead atoms. The SMILES string of the molecule is CCN1C(=O)CCc2cc(N3CCOc4ncnc(N)c4C3=O)ccc21. The lowest BCUT2D eigenvalue weighted by atomic mass is 10.00. The molecule has 2 N–H and O–H groups in total. The lowest BCUT2D eigenvalue weighted by Crippen LogP contribution is -2.36. The van der Waals surface area contributed by atoms with Crippen LogP contribution in [0, 0.1) is 0 Å². The van der Waals surface area contributed by atoms with Crippen molar-refractivity contribution in [2.24, 2.45) is 0 Å². The molecule has 0 unspecified atom stereocenters. The second-order valence-electron chi connectivity index (χ2n) is 6.20. The number of nitrogens with zero attached hydrogens (tertiary/aromatic N) is 4. The minimum absolute atomic E-state index is 0.104. The molecular weight excluding hydrogens is 334 g/mol. The molecule has 134 valence electrons. The maximum atomic E-state index is 13.0. The fraction of sp³-hybridized carbons (Fsp3) is 0.333. The van der Waals surface area contributed by atoms with Crippen LogP contribution >= 0.6 is 0 Å². The number of benzene rings is 1. The third-order valence-electron chi connectivity index (χ3n) is 4.75. The van der Waals surface area contributed by atoms with Gasteiger partial charge in [-0.15, -0.1) is 0 Å². The van der Waals surface area contributed by atoms with Gasteiger partial charge in [0.05, 0.1) is 6.54 Å². The van der Waals surface area contributed by atoms with Gasteiger partial charge in [0.2, 0.25) is 11.8 Å². The van der Waals surface area contributed by atoms with Gasteiger partial charge in [-0.05, 0) is 37.1 Å². The Balaban J connectivity index is 1.73. The van der Waals surface area contributed by atoms with Crippen LogP contribution in [0.15, 0.2) is 24.5 Å². The summed E-state index contributed by atoms with van der Waals surface area (Å²) in [5, 5.41) is 0. The predicted molar refractivity (Wildman–Crippen MR) is 96.4 cm³/mol. The molecule has 2 aliphatic rings. The zero-order chi connectivity index (χ0) is 18.3. The summed E-state index contributed by atoms with van der Waals surface area (Å²) in [6, 6.07) is 5.71. The molecule has 26 heavy (non-hydrogen) atoms. The molecule has 0 radical (unpaired) electrons. The molecule has 3 heterocycles. The normalized spacial score (nSPS) is 16.7. The molecule has 1 aromatic heterocycles. The van der Waals surface area contributed by atoms with Crippen LogP contribution in [0.3, 0.4) is 0 Å². The maximum absolute atomic E-state index is 13.0. The van der Waals surface area contributed by atoms with Crippen molar-refractivity contribution in [3.63, 3.8) is 0 Å². The second-order valence-corrected chi connectivity index (χ2v) is 6.20. The van der Waals surface area contributed by atoms with Gasteiger partial charge in [-0.2, -0.15) is 0 Å². The maximum Gasteiger partial charge on any atom is 0.267 e. The first-order valence-electron chi connectivity index (χ1n) is 8.58. The standard InChI is InChI=1S/C18H19N5O3/c1-2-22-13-5-4-12(9-11(13)3-6-14(22)24)23-7-8-26-17-15(18(23)25)16(19)20-10-21-17/h4-5,9-10H,2-3,6-8H2,1H3,(H2,19,20,21). The number of aromatic nitrogens is 2. The highest BCUT2D eigenvalue weighted by atomic mass is 16.5. The van der Waals surface area contributed by atoms with E-state index in [0.717, 1.165) is 16.9 Å². The van der Waals surface area contributed by atoms with Crippen molar-refractivity contribution in [1.29, 1.82) is 0 Å². The smallest absolute Gasteiger partial charge is 0.267 e. The molecule has 8 heteroatoms. The van der Waals surface area contributed by atoms with Gasteiger partial charge in [0.15, 0.2) is 0 Å². The number of aryl methyl sites for hydroxylation is 1. The number of nitrogens with two attached hydrogens (primary N) is 1. The highest BCUT2D eigenvalue weighted by molar-refractivity contribution is 6.11. The van der Waals surface area contributed by atoms with Crippen LogP contribution in [0.1, 0.15) is 29.3 Å². The van der Waals surface area contributed by atoms with E-state index >= 15 is 0 Å². The van der Waals surface area contributed by atoms with Crippen LogP contribution in [0.2, 0.25) is 0 Å². The second kappa shape index (κ2) is 6.29. The number of nitrogen functional groups attached to an aromatic ring is 1. The molecule has 4 rings (SSSR count). The molecule has 0 aliphatic carbocycles. The van der Waals surface area contributed by atoms with E-state index in [1.807, 2.05) is 25.1 Å². The lowest BCUT2D eigenvalue weighted by molar-refractivity contribution is -0.118.